The molecule has 1 unspecified atom stereocenters. The molecule has 0 saturated carbocycles. The molecule has 1 aromatic heterocycles. The molecular formula is C13H13BrN4. The Balaban J connectivity index is 2.46. The fourth-order valence-corrected chi connectivity index (χ4v) is 2.32. The summed E-state index contributed by atoms with van der Waals surface area (Å²) < 4.78 is 2.70. The van der Waals surface area contributed by atoms with E-state index in [2.05, 4.69) is 45.3 Å². The Labute approximate surface area is 114 Å². The third kappa shape index (κ3) is 2.30. The summed E-state index contributed by atoms with van der Waals surface area (Å²) in [5.41, 5.74) is 2.10. The fraction of sp³-hybridized carbons (Fsp3) is 0.231. The second kappa shape index (κ2) is 5.34. The summed E-state index contributed by atoms with van der Waals surface area (Å²) in [6.45, 7) is 2.10. The van der Waals surface area contributed by atoms with Gasteiger partial charge in [-0.05, 0) is 47.6 Å². The van der Waals surface area contributed by atoms with E-state index < -0.39 is 0 Å². The van der Waals surface area contributed by atoms with Crippen molar-refractivity contribution in [2.75, 3.05) is 7.05 Å². The summed E-state index contributed by atoms with van der Waals surface area (Å²) in [6, 6.07) is 8.43. The molecule has 0 saturated heterocycles. The lowest BCUT2D eigenvalue weighted by molar-refractivity contribution is 0.652. The summed E-state index contributed by atoms with van der Waals surface area (Å²) in [7, 11) is 1.93. The minimum Gasteiger partial charge on any atom is -0.313 e. The predicted octanol–water partition coefficient (Wildman–Crippen LogP) is 2.79. The van der Waals surface area contributed by atoms with E-state index in [-0.39, 0.29) is 6.04 Å². The number of hydrogen-bond acceptors (Lipinski definition) is 3. The first-order chi connectivity index (χ1) is 8.67. The van der Waals surface area contributed by atoms with Crippen LogP contribution in [-0.4, -0.2) is 16.6 Å². The Morgan fingerprint density at radius 1 is 1.50 bits per heavy atom. The molecule has 0 aliphatic rings. The zero-order chi connectivity index (χ0) is 13.1. The molecule has 5 heteroatoms. The van der Waals surface area contributed by atoms with Crippen molar-refractivity contribution in [3.63, 3.8) is 0 Å². The van der Waals surface area contributed by atoms with Crippen LogP contribution in [0.5, 0.6) is 0 Å². The van der Waals surface area contributed by atoms with Gasteiger partial charge in [0.1, 0.15) is 6.07 Å². The highest BCUT2D eigenvalue weighted by Crippen LogP contribution is 2.26. The lowest BCUT2D eigenvalue weighted by atomic mass is 10.1. The van der Waals surface area contributed by atoms with Crippen molar-refractivity contribution in [3.05, 3.63) is 46.5 Å². The number of aromatic nitrogens is 2. The number of imidazole rings is 1. The minimum atomic E-state index is 0.286. The number of benzene rings is 1. The second-order valence-corrected chi connectivity index (χ2v) is 4.81. The molecule has 1 aromatic carbocycles. The lowest BCUT2D eigenvalue weighted by Gasteiger charge is -2.13. The topological polar surface area (TPSA) is 53.6 Å². The van der Waals surface area contributed by atoms with Crippen molar-refractivity contribution >= 4 is 15.9 Å². The standard InChI is InChI=1S/C13H13BrN4/c1-9(16-2)10-3-4-12(11(14)7-10)18-6-5-17-13(18)8-15/h3-7,9,16H,1-2H3. The average Bonchev–Trinajstić information content (AvgIpc) is 2.85. The Morgan fingerprint density at radius 3 is 2.89 bits per heavy atom. The molecule has 1 N–H and O–H groups in total. The minimum absolute atomic E-state index is 0.286. The normalized spacial score (nSPS) is 12.1. The molecule has 0 aliphatic heterocycles. The van der Waals surface area contributed by atoms with Crippen molar-refractivity contribution in [3.8, 4) is 11.8 Å². The van der Waals surface area contributed by atoms with Gasteiger partial charge in [-0.15, -0.1) is 0 Å². The first-order valence-electron chi connectivity index (χ1n) is 5.58. The molecule has 0 bridgehead atoms. The molecule has 2 rings (SSSR count). The molecule has 1 heterocycles. The van der Waals surface area contributed by atoms with Gasteiger partial charge >= 0.3 is 0 Å². The van der Waals surface area contributed by atoms with Gasteiger partial charge in [0.15, 0.2) is 0 Å². The highest BCUT2D eigenvalue weighted by Gasteiger charge is 2.10. The van der Waals surface area contributed by atoms with Gasteiger partial charge in [0.2, 0.25) is 5.82 Å². The number of nitriles is 1. The Kier molecular flexibility index (Phi) is 3.80. The van der Waals surface area contributed by atoms with Crippen molar-refractivity contribution in [2.45, 2.75) is 13.0 Å². The van der Waals surface area contributed by atoms with E-state index in [9.17, 15) is 0 Å². The summed E-state index contributed by atoms with van der Waals surface area (Å²) in [6.07, 6.45) is 3.40. The summed E-state index contributed by atoms with van der Waals surface area (Å²) in [5, 5.41) is 12.2. The molecule has 0 spiro atoms. The van der Waals surface area contributed by atoms with E-state index in [1.807, 2.05) is 19.2 Å². The van der Waals surface area contributed by atoms with Gasteiger partial charge in [-0.1, -0.05) is 6.07 Å². The van der Waals surface area contributed by atoms with Crippen molar-refractivity contribution < 1.29 is 0 Å². The van der Waals surface area contributed by atoms with Gasteiger partial charge in [-0.3, -0.25) is 4.57 Å². The first-order valence-corrected chi connectivity index (χ1v) is 6.37. The zero-order valence-electron chi connectivity index (χ0n) is 10.2. The molecule has 0 fully saturated rings. The number of hydrogen-bond donors (Lipinski definition) is 1. The Bertz CT molecular complexity index is 597. The molecule has 4 nitrogen and oxygen atoms in total. The third-order valence-corrected chi connectivity index (χ3v) is 3.54. The third-order valence-electron chi connectivity index (χ3n) is 2.91. The van der Waals surface area contributed by atoms with E-state index in [4.69, 9.17) is 5.26 Å². The zero-order valence-corrected chi connectivity index (χ0v) is 11.8. The van der Waals surface area contributed by atoms with Crippen LogP contribution in [0.4, 0.5) is 0 Å². The summed E-state index contributed by atoms with van der Waals surface area (Å²) in [5.74, 6) is 0.380. The summed E-state index contributed by atoms with van der Waals surface area (Å²) >= 11 is 3.54. The van der Waals surface area contributed by atoms with Crippen molar-refractivity contribution in [2.24, 2.45) is 0 Å². The highest BCUT2D eigenvalue weighted by atomic mass is 79.9. The van der Waals surface area contributed by atoms with Crippen LogP contribution < -0.4 is 5.32 Å². The largest absolute Gasteiger partial charge is 0.313 e. The first kappa shape index (κ1) is 12.8. The van der Waals surface area contributed by atoms with Crippen LogP contribution in [0.2, 0.25) is 0 Å². The van der Waals surface area contributed by atoms with Crippen LogP contribution in [0.1, 0.15) is 24.4 Å². The molecule has 18 heavy (non-hydrogen) atoms. The van der Waals surface area contributed by atoms with Crippen molar-refractivity contribution in [1.29, 1.82) is 5.26 Å². The number of nitrogens with zero attached hydrogens (tertiary/aromatic N) is 3. The maximum Gasteiger partial charge on any atom is 0.217 e. The molecule has 0 aliphatic carbocycles. The smallest absolute Gasteiger partial charge is 0.217 e. The highest BCUT2D eigenvalue weighted by molar-refractivity contribution is 9.10. The number of nitrogens with one attached hydrogen (secondary N) is 1. The van der Waals surface area contributed by atoms with Gasteiger partial charge in [-0.25, -0.2) is 4.98 Å². The molecular weight excluding hydrogens is 292 g/mol. The number of rotatable bonds is 3. The number of halogens is 1. The van der Waals surface area contributed by atoms with Crippen LogP contribution >= 0.6 is 15.9 Å². The Morgan fingerprint density at radius 2 is 2.28 bits per heavy atom. The monoisotopic (exact) mass is 304 g/mol. The molecule has 1 atom stereocenters. The van der Waals surface area contributed by atoms with Crippen molar-refractivity contribution in [1.82, 2.24) is 14.9 Å². The predicted molar refractivity (Wildman–Crippen MR) is 73.5 cm³/mol. The van der Waals surface area contributed by atoms with Crippen LogP contribution in [0.15, 0.2) is 35.1 Å². The van der Waals surface area contributed by atoms with E-state index in [1.165, 1.54) is 5.56 Å². The maximum atomic E-state index is 8.98. The second-order valence-electron chi connectivity index (χ2n) is 3.95. The lowest BCUT2D eigenvalue weighted by Crippen LogP contribution is -2.12. The molecule has 0 radical (unpaired) electrons. The van der Waals surface area contributed by atoms with Crippen LogP contribution in [0, 0.1) is 11.3 Å². The van der Waals surface area contributed by atoms with E-state index in [0.717, 1.165) is 10.2 Å². The van der Waals surface area contributed by atoms with E-state index >= 15 is 0 Å². The molecule has 0 amide bonds. The van der Waals surface area contributed by atoms with Crippen LogP contribution in [-0.2, 0) is 0 Å². The van der Waals surface area contributed by atoms with Gasteiger partial charge in [0, 0.05) is 22.9 Å². The van der Waals surface area contributed by atoms with E-state index in [1.54, 1.807) is 17.0 Å². The van der Waals surface area contributed by atoms with Gasteiger partial charge in [0.25, 0.3) is 0 Å². The molecule has 92 valence electrons. The van der Waals surface area contributed by atoms with Gasteiger partial charge in [0.05, 0.1) is 5.69 Å². The van der Waals surface area contributed by atoms with Gasteiger partial charge < -0.3 is 5.32 Å². The molecule has 2 aromatic rings. The Hall–Kier alpha value is -1.64. The van der Waals surface area contributed by atoms with Gasteiger partial charge in [-0.2, -0.15) is 5.26 Å². The fourth-order valence-electron chi connectivity index (χ4n) is 1.74. The van der Waals surface area contributed by atoms with E-state index in [0.29, 0.717) is 5.82 Å². The average molecular weight is 305 g/mol. The van der Waals surface area contributed by atoms with Crippen LogP contribution in [0.3, 0.4) is 0 Å². The van der Waals surface area contributed by atoms with Crippen LogP contribution in [0.25, 0.3) is 5.69 Å². The SMILES string of the molecule is CNC(C)c1ccc(-n2ccnc2C#N)c(Br)c1. The maximum absolute atomic E-state index is 8.98. The summed E-state index contributed by atoms with van der Waals surface area (Å²) in [4.78, 5) is 3.99. The quantitative estimate of drug-likeness (QED) is 0.948.